The van der Waals surface area contributed by atoms with Crippen molar-refractivity contribution in [3.63, 3.8) is 0 Å². The lowest BCUT2D eigenvalue weighted by molar-refractivity contribution is -0.132. The maximum Gasteiger partial charge on any atom is 0.503 e. The van der Waals surface area contributed by atoms with Crippen LogP contribution in [0.1, 0.15) is 39.5 Å². The first-order chi connectivity index (χ1) is 8.97. The Morgan fingerprint density at radius 3 is 2.11 bits per heavy atom. The van der Waals surface area contributed by atoms with E-state index < -0.39 is 14.8 Å². The monoisotopic (exact) mass is 290 g/mol. The maximum atomic E-state index is 10.7. The molecule has 0 fully saturated rings. The van der Waals surface area contributed by atoms with Crippen molar-refractivity contribution in [1.82, 2.24) is 0 Å². The predicted octanol–water partition coefficient (Wildman–Crippen LogP) is 2.85. The molecule has 1 unspecified atom stereocenters. The molecule has 0 aliphatic carbocycles. The molecule has 0 aromatic rings. The minimum Gasteiger partial charge on any atom is -0.478 e. The van der Waals surface area contributed by atoms with Crippen molar-refractivity contribution in [2.24, 2.45) is 0 Å². The van der Waals surface area contributed by atoms with Gasteiger partial charge in [-0.1, -0.05) is 19.4 Å². The summed E-state index contributed by atoms with van der Waals surface area (Å²) in [6, 6.07) is 0. The maximum absolute atomic E-state index is 10.7. The van der Waals surface area contributed by atoms with Crippen molar-refractivity contribution in [1.29, 1.82) is 0 Å². The van der Waals surface area contributed by atoms with Gasteiger partial charge in [0, 0.05) is 32.4 Å². The highest BCUT2D eigenvalue weighted by Crippen LogP contribution is 2.33. The van der Waals surface area contributed by atoms with Crippen molar-refractivity contribution in [2.45, 2.75) is 45.1 Å². The first-order valence-corrected chi connectivity index (χ1v) is 8.33. The predicted molar refractivity (Wildman–Crippen MR) is 76.1 cm³/mol. The van der Waals surface area contributed by atoms with Crippen molar-refractivity contribution < 1.29 is 23.2 Å². The van der Waals surface area contributed by atoms with Crippen LogP contribution in [0.3, 0.4) is 0 Å². The Hall–Kier alpha value is -0.693. The van der Waals surface area contributed by atoms with Gasteiger partial charge in [0.2, 0.25) is 0 Å². The highest BCUT2D eigenvalue weighted by atomic mass is 28.4. The summed E-state index contributed by atoms with van der Waals surface area (Å²) < 4.78 is 16.5. The fourth-order valence-corrected chi connectivity index (χ4v) is 4.85. The van der Waals surface area contributed by atoms with Gasteiger partial charge in [0.1, 0.15) is 0 Å². The summed E-state index contributed by atoms with van der Waals surface area (Å²) in [5.74, 6) is -0.874. The summed E-state index contributed by atoms with van der Waals surface area (Å²) in [5.41, 5.74) is 0.560. The normalized spacial score (nSPS) is 14.5. The highest BCUT2D eigenvalue weighted by Gasteiger charge is 2.45. The summed E-state index contributed by atoms with van der Waals surface area (Å²) in [5, 5.41) is 8.82. The van der Waals surface area contributed by atoms with Gasteiger partial charge in [-0.05, 0) is 26.2 Å². The Kier molecular flexibility index (Phi) is 8.91. The molecular weight excluding hydrogens is 264 g/mol. The molecule has 0 rings (SSSR count). The van der Waals surface area contributed by atoms with Crippen LogP contribution in [0, 0.1) is 0 Å². The average molecular weight is 290 g/mol. The zero-order valence-corrected chi connectivity index (χ0v) is 13.6. The average Bonchev–Trinajstić information content (AvgIpc) is 2.41. The number of carbonyl (C=O) groups is 1. The molecule has 0 aromatic heterocycles. The zero-order valence-electron chi connectivity index (χ0n) is 12.6. The molecule has 112 valence electrons. The van der Waals surface area contributed by atoms with Crippen molar-refractivity contribution in [2.75, 3.05) is 21.3 Å². The van der Waals surface area contributed by atoms with Crippen LogP contribution in [-0.2, 0) is 18.1 Å². The summed E-state index contributed by atoms with van der Waals surface area (Å²) in [7, 11) is 2.19. The van der Waals surface area contributed by atoms with Crippen LogP contribution >= 0.6 is 0 Å². The number of carboxylic acids is 1. The summed E-state index contributed by atoms with van der Waals surface area (Å²) in [4.78, 5) is 10.7. The Balaban J connectivity index is 4.73. The van der Waals surface area contributed by atoms with Crippen LogP contribution in [-0.4, -0.2) is 41.2 Å². The molecule has 0 radical (unpaired) electrons. The van der Waals surface area contributed by atoms with E-state index in [1.807, 2.05) is 0 Å². The van der Waals surface area contributed by atoms with Crippen LogP contribution < -0.4 is 0 Å². The van der Waals surface area contributed by atoms with E-state index in [1.54, 1.807) is 34.3 Å². The minimum absolute atomic E-state index is 0.190. The Bertz CT molecular complexity index is 291. The molecule has 19 heavy (non-hydrogen) atoms. The second-order valence-corrected chi connectivity index (χ2v) is 7.72. The summed E-state index contributed by atoms with van der Waals surface area (Å²) >= 11 is 0. The van der Waals surface area contributed by atoms with E-state index >= 15 is 0 Å². The van der Waals surface area contributed by atoms with Crippen LogP contribution in [0.4, 0.5) is 0 Å². The number of allylic oxidation sites excluding steroid dienone is 1. The molecule has 0 aliphatic rings. The fraction of sp³-hybridized carbons (Fsp3) is 0.769. The second kappa shape index (κ2) is 9.25. The van der Waals surface area contributed by atoms with Gasteiger partial charge in [0.15, 0.2) is 0 Å². The molecule has 1 N–H and O–H groups in total. The topological polar surface area (TPSA) is 65.0 Å². The van der Waals surface area contributed by atoms with Gasteiger partial charge in [0.05, 0.1) is 0 Å². The molecule has 0 saturated carbocycles. The van der Waals surface area contributed by atoms with Crippen molar-refractivity contribution in [3.8, 4) is 0 Å². The van der Waals surface area contributed by atoms with Crippen LogP contribution in [0.2, 0.25) is 5.54 Å². The summed E-state index contributed by atoms with van der Waals surface area (Å²) in [6.45, 7) is 3.70. The number of aliphatic carboxylic acids is 1. The van der Waals surface area contributed by atoms with E-state index in [4.69, 9.17) is 18.4 Å². The van der Waals surface area contributed by atoms with Gasteiger partial charge < -0.3 is 18.4 Å². The lowest BCUT2D eigenvalue weighted by atomic mass is 10.1. The van der Waals surface area contributed by atoms with E-state index in [2.05, 4.69) is 6.92 Å². The van der Waals surface area contributed by atoms with Crippen LogP contribution in [0.15, 0.2) is 11.6 Å². The molecular formula is C13H26O5Si. The first-order valence-electron chi connectivity index (χ1n) is 6.52. The van der Waals surface area contributed by atoms with Gasteiger partial charge in [0.25, 0.3) is 0 Å². The van der Waals surface area contributed by atoms with Gasteiger partial charge in [-0.2, -0.15) is 0 Å². The number of carboxylic acid groups (broad SMARTS) is 1. The smallest absolute Gasteiger partial charge is 0.478 e. The number of hydrogen-bond acceptors (Lipinski definition) is 4. The zero-order chi connectivity index (χ0) is 14.9. The van der Waals surface area contributed by atoms with Gasteiger partial charge >= 0.3 is 14.8 Å². The Morgan fingerprint density at radius 2 is 1.74 bits per heavy atom. The first kappa shape index (κ1) is 18.3. The lowest BCUT2D eigenvalue weighted by Crippen LogP contribution is -2.47. The van der Waals surface area contributed by atoms with Gasteiger partial charge in [-0.15, -0.1) is 0 Å². The van der Waals surface area contributed by atoms with Gasteiger partial charge in [-0.25, -0.2) is 4.79 Å². The third-order valence-electron chi connectivity index (χ3n) is 3.29. The number of rotatable bonds is 10. The van der Waals surface area contributed by atoms with E-state index in [0.29, 0.717) is 12.0 Å². The van der Waals surface area contributed by atoms with E-state index in [-0.39, 0.29) is 5.54 Å². The largest absolute Gasteiger partial charge is 0.503 e. The van der Waals surface area contributed by atoms with Crippen LogP contribution in [0.5, 0.6) is 0 Å². The second-order valence-electron chi connectivity index (χ2n) is 4.47. The summed E-state index contributed by atoms with van der Waals surface area (Å²) in [6.07, 6.45) is 5.19. The third-order valence-corrected chi connectivity index (χ3v) is 6.58. The van der Waals surface area contributed by atoms with Gasteiger partial charge in [-0.3, -0.25) is 0 Å². The standard InChI is InChI=1S/C13H26O5Si/c1-6-8-12(19(16-3,17-4)18-5)10-7-9-11(2)13(14)15/h9,12H,6-8,10H2,1-5H3,(H,14,15)/b11-9+. The minimum atomic E-state index is -2.64. The number of hydrogen-bond donors (Lipinski definition) is 1. The molecule has 0 aliphatic heterocycles. The van der Waals surface area contributed by atoms with E-state index in [1.165, 1.54) is 0 Å². The van der Waals surface area contributed by atoms with E-state index in [0.717, 1.165) is 19.3 Å². The SMILES string of the molecule is CCCC(CC/C=C(\C)C(=O)O)[Si](OC)(OC)OC. The van der Waals surface area contributed by atoms with Crippen LogP contribution in [0.25, 0.3) is 0 Å². The molecule has 1 atom stereocenters. The molecule has 5 nitrogen and oxygen atoms in total. The molecule has 0 bridgehead atoms. The Morgan fingerprint density at radius 1 is 1.21 bits per heavy atom. The Labute approximate surface area is 116 Å². The highest BCUT2D eigenvalue weighted by molar-refractivity contribution is 6.62. The van der Waals surface area contributed by atoms with Crippen molar-refractivity contribution in [3.05, 3.63) is 11.6 Å². The molecule has 0 spiro atoms. The molecule has 0 amide bonds. The molecule has 0 aromatic carbocycles. The molecule has 0 saturated heterocycles. The molecule has 0 heterocycles. The third kappa shape index (κ3) is 5.44. The molecule has 6 heteroatoms. The van der Waals surface area contributed by atoms with E-state index in [9.17, 15) is 4.79 Å². The quantitative estimate of drug-likeness (QED) is 0.495. The van der Waals surface area contributed by atoms with Crippen molar-refractivity contribution >= 4 is 14.8 Å². The fourth-order valence-electron chi connectivity index (χ4n) is 2.18. The lowest BCUT2D eigenvalue weighted by Gasteiger charge is -2.32.